The highest BCUT2D eigenvalue weighted by Gasteiger charge is 2.22. The van der Waals surface area contributed by atoms with Crippen LogP contribution in [-0.4, -0.2) is 28.8 Å². The maximum absolute atomic E-state index is 11.1. The second-order valence-corrected chi connectivity index (χ2v) is 3.88. The van der Waals surface area contributed by atoms with Gasteiger partial charge in [0.05, 0.1) is 24.0 Å². The van der Waals surface area contributed by atoms with Gasteiger partial charge >= 0.3 is 5.97 Å². The topological polar surface area (TPSA) is 52.9 Å². The van der Waals surface area contributed by atoms with E-state index in [1.54, 1.807) is 18.3 Å². The monoisotopic (exact) mass is 226 g/mol. The van der Waals surface area contributed by atoms with E-state index in [1.807, 2.05) is 29.3 Å². The van der Waals surface area contributed by atoms with Crippen LogP contribution in [0.25, 0.3) is 5.70 Å². The summed E-state index contributed by atoms with van der Waals surface area (Å²) in [6, 6.07) is 5.28. The molecule has 0 bridgehead atoms. The van der Waals surface area contributed by atoms with Crippen molar-refractivity contribution in [2.45, 2.75) is 0 Å². The normalized spacial score (nSPS) is 16.2. The lowest BCUT2D eigenvalue weighted by atomic mass is 9.97. The second-order valence-electron chi connectivity index (χ2n) is 3.88. The van der Waals surface area contributed by atoms with Crippen molar-refractivity contribution < 1.29 is 9.90 Å². The van der Waals surface area contributed by atoms with Gasteiger partial charge in [0.1, 0.15) is 0 Å². The van der Waals surface area contributed by atoms with Crippen LogP contribution in [0.2, 0.25) is 0 Å². The van der Waals surface area contributed by atoms with Gasteiger partial charge in [0.25, 0.3) is 0 Å². The van der Waals surface area contributed by atoms with Crippen LogP contribution in [0.1, 0.15) is 21.5 Å². The fourth-order valence-electron chi connectivity index (χ4n) is 2.08. The number of hydrazone groups is 1. The smallest absolute Gasteiger partial charge is 0.336 e. The molecule has 1 aromatic rings. The molecule has 3 rings (SSSR count). The van der Waals surface area contributed by atoms with E-state index < -0.39 is 5.97 Å². The molecule has 0 aromatic heterocycles. The molecule has 1 N–H and O–H groups in total. The SMILES string of the molecule is O=C(O)c1cccc2c1C=NN1CC=CC=C21. The minimum atomic E-state index is -0.922. The van der Waals surface area contributed by atoms with E-state index in [9.17, 15) is 4.79 Å². The molecule has 4 nitrogen and oxygen atoms in total. The van der Waals surface area contributed by atoms with Crippen molar-refractivity contribution in [1.29, 1.82) is 0 Å². The summed E-state index contributed by atoms with van der Waals surface area (Å²) in [4.78, 5) is 11.1. The molecule has 84 valence electrons. The first-order chi connectivity index (χ1) is 8.27. The molecule has 2 aliphatic rings. The third-order valence-corrected chi connectivity index (χ3v) is 2.89. The van der Waals surface area contributed by atoms with Crippen LogP contribution < -0.4 is 0 Å². The lowest BCUT2D eigenvalue weighted by Gasteiger charge is -2.28. The molecule has 0 saturated carbocycles. The van der Waals surface area contributed by atoms with Crippen LogP contribution in [0.15, 0.2) is 41.5 Å². The third kappa shape index (κ3) is 1.45. The number of hydrogen-bond acceptors (Lipinski definition) is 3. The second kappa shape index (κ2) is 3.59. The molecule has 0 radical (unpaired) electrons. The molecular weight excluding hydrogens is 216 g/mol. The average molecular weight is 226 g/mol. The van der Waals surface area contributed by atoms with Crippen molar-refractivity contribution in [3.8, 4) is 0 Å². The van der Waals surface area contributed by atoms with Gasteiger partial charge in [0, 0.05) is 11.1 Å². The van der Waals surface area contributed by atoms with Gasteiger partial charge in [-0.3, -0.25) is 5.01 Å². The van der Waals surface area contributed by atoms with E-state index >= 15 is 0 Å². The number of hydrogen-bond donors (Lipinski definition) is 1. The maximum Gasteiger partial charge on any atom is 0.336 e. The van der Waals surface area contributed by atoms with Crippen molar-refractivity contribution in [2.75, 3.05) is 6.54 Å². The Balaban J connectivity index is 2.23. The molecular formula is C13H10N2O2. The van der Waals surface area contributed by atoms with Crippen LogP contribution in [-0.2, 0) is 0 Å². The number of allylic oxidation sites excluding steroid dienone is 2. The summed E-state index contributed by atoms with van der Waals surface area (Å²) in [5.41, 5.74) is 2.84. The van der Waals surface area contributed by atoms with Gasteiger partial charge in [-0.15, -0.1) is 0 Å². The summed E-state index contributed by atoms with van der Waals surface area (Å²) in [7, 11) is 0. The number of carboxylic acids is 1. The zero-order chi connectivity index (χ0) is 11.8. The number of nitrogens with zero attached hydrogens (tertiary/aromatic N) is 2. The van der Waals surface area contributed by atoms with Crippen LogP contribution in [0.3, 0.4) is 0 Å². The van der Waals surface area contributed by atoms with Gasteiger partial charge in [0.15, 0.2) is 0 Å². The summed E-state index contributed by atoms with van der Waals surface area (Å²) in [5, 5.41) is 15.2. The molecule has 4 heteroatoms. The summed E-state index contributed by atoms with van der Waals surface area (Å²) in [5.74, 6) is -0.922. The molecule has 0 spiro atoms. The summed E-state index contributed by atoms with van der Waals surface area (Å²) in [6.07, 6.45) is 7.54. The lowest BCUT2D eigenvalue weighted by Crippen LogP contribution is -2.23. The minimum Gasteiger partial charge on any atom is -0.478 e. The van der Waals surface area contributed by atoms with Crippen molar-refractivity contribution >= 4 is 17.9 Å². The highest BCUT2D eigenvalue weighted by Crippen LogP contribution is 2.29. The minimum absolute atomic E-state index is 0.293. The van der Waals surface area contributed by atoms with E-state index in [2.05, 4.69) is 5.10 Å². The number of carbonyl (C=O) groups is 1. The lowest BCUT2D eigenvalue weighted by molar-refractivity contribution is 0.0696. The standard InChI is InChI=1S/C13H10N2O2/c16-13(17)10-5-3-4-9-11(10)8-14-15-7-2-1-6-12(9)15/h1-6,8H,7H2,(H,16,17). The Morgan fingerprint density at radius 2 is 2.29 bits per heavy atom. The largest absolute Gasteiger partial charge is 0.478 e. The van der Waals surface area contributed by atoms with E-state index in [1.165, 1.54) is 0 Å². The molecule has 1 aromatic carbocycles. The van der Waals surface area contributed by atoms with Crippen LogP contribution >= 0.6 is 0 Å². The average Bonchev–Trinajstić information content (AvgIpc) is 2.37. The Kier molecular flexibility index (Phi) is 2.08. The highest BCUT2D eigenvalue weighted by atomic mass is 16.4. The highest BCUT2D eigenvalue weighted by molar-refractivity contribution is 6.03. The number of rotatable bonds is 1. The van der Waals surface area contributed by atoms with E-state index in [-0.39, 0.29) is 0 Å². The Bertz CT molecular complexity index is 585. The first-order valence-electron chi connectivity index (χ1n) is 5.32. The summed E-state index contributed by atoms with van der Waals surface area (Å²) >= 11 is 0. The molecule has 17 heavy (non-hydrogen) atoms. The van der Waals surface area contributed by atoms with E-state index in [4.69, 9.17) is 5.11 Å². The fraction of sp³-hybridized carbons (Fsp3) is 0.0769. The molecule has 2 aliphatic heterocycles. The van der Waals surface area contributed by atoms with E-state index in [0.29, 0.717) is 11.1 Å². The van der Waals surface area contributed by atoms with Crippen LogP contribution in [0.4, 0.5) is 0 Å². The van der Waals surface area contributed by atoms with Crippen molar-refractivity contribution in [2.24, 2.45) is 5.10 Å². The molecule has 0 atom stereocenters. The predicted octanol–water partition coefficient (Wildman–Crippen LogP) is 1.95. The van der Waals surface area contributed by atoms with Crippen molar-refractivity contribution in [3.63, 3.8) is 0 Å². The third-order valence-electron chi connectivity index (χ3n) is 2.89. The molecule has 0 unspecified atom stereocenters. The van der Waals surface area contributed by atoms with Crippen molar-refractivity contribution in [1.82, 2.24) is 5.01 Å². The maximum atomic E-state index is 11.1. The first kappa shape index (κ1) is 9.84. The van der Waals surface area contributed by atoms with Gasteiger partial charge < -0.3 is 5.11 Å². The first-order valence-corrected chi connectivity index (χ1v) is 5.32. The fourth-order valence-corrected chi connectivity index (χ4v) is 2.08. The van der Waals surface area contributed by atoms with Crippen LogP contribution in [0.5, 0.6) is 0 Å². The van der Waals surface area contributed by atoms with E-state index in [0.717, 1.165) is 17.8 Å². The summed E-state index contributed by atoms with van der Waals surface area (Å²) in [6.45, 7) is 0.721. The summed E-state index contributed by atoms with van der Waals surface area (Å²) < 4.78 is 0. The van der Waals surface area contributed by atoms with Gasteiger partial charge in [0.2, 0.25) is 0 Å². The zero-order valence-corrected chi connectivity index (χ0v) is 9.00. The van der Waals surface area contributed by atoms with Gasteiger partial charge in [-0.25, -0.2) is 4.79 Å². The van der Waals surface area contributed by atoms with Gasteiger partial charge in [-0.2, -0.15) is 5.10 Å². The molecule has 0 amide bonds. The van der Waals surface area contributed by atoms with Crippen LogP contribution in [0, 0.1) is 0 Å². The number of fused-ring (bicyclic) bond motifs is 3. The quantitative estimate of drug-likeness (QED) is 0.796. The number of aromatic carboxylic acids is 1. The van der Waals surface area contributed by atoms with Crippen molar-refractivity contribution in [3.05, 3.63) is 53.1 Å². The Hall–Kier alpha value is -2.36. The van der Waals surface area contributed by atoms with Gasteiger partial charge in [-0.05, 0) is 12.1 Å². The van der Waals surface area contributed by atoms with Gasteiger partial charge in [-0.1, -0.05) is 24.3 Å². The Morgan fingerprint density at radius 3 is 3.12 bits per heavy atom. The number of benzene rings is 1. The molecule has 2 heterocycles. The number of carboxylic acid groups (broad SMARTS) is 1. The zero-order valence-electron chi connectivity index (χ0n) is 9.00. The molecule has 0 saturated heterocycles. The Labute approximate surface area is 98.2 Å². The Morgan fingerprint density at radius 1 is 1.41 bits per heavy atom. The predicted molar refractivity (Wildman–Crippen MR) is 64.8 cm³/mol. The molecule has 0 fully saturated rings. The molecule has 0 aliphatic carbocycles.